The highest BCUT2D eigenvalue weighted by atomic mass is 79.9. The molecule has 186 valence electrons. The van der Waals surface area contributed by atoms with Crippen molar-refractivity contribution in [3.05, 3.63) is 87.9 Å². The summed E-state index contributed by atoms with van der Waals surface area (Å²) in [4.78, 5) is 13.1. The van der Waals surface area contributed by atoms with Gasteiger partial charge >= 0.3 is 0 Å². The predicted molar refractivity (Wildman–Crippen MR) is 139 cm³/mol. The molecule has 35 heavy (non-hydrogen) atoms. The van der Waals surface area contributed by atoms with Gasteiger partial charge in [0.2, 0.25) is 15.9 Å². The number of hydrogen-bond acceptors (Lipinski definition) is 5. The number of hydrogen-bond donors (Lipinski definition) is 1. The van der Waals surface area contributed by atoms with Gasteiger partial charge in [0, 0.05) is 11.0 Å². The van der Waals surface area contributed by atoms with Crippen LogP contribution in [0.15, 0.2) is 76.1 Å². The summed E-state index contributed by atoms with van der Waals surface area (Å²) in [6.07, 6.45) is 0. The summed E-state index contributed by atoms with van der Waals surface area (Å²) in [5.41, 5.74) is 2.66. The van der Waals surface area contributed by atoms with Crippen LogP contribution in [0, 0.1) is 6.92 Å². The highest BCUT2D eigenvalue weighted by molar-refractivity contribution is 9.10. The molecule has 7 nitrogen and oxygen atoms in total. The lowest BCUT2D eigenvalue weighted by atomic mass is 10.1. The second-order valence-corrected chi connectivity index (χ2v) is 11.0. The average Bonchev–Trinajstić information content (AvgIpc) is 2.84. The number of carbonyl (C=O) groups is 1. The van der Waals surface area contributed by atoms with Crippen molar-refractivity contribution in [1.82, 2.24) is 9.62 Å². The Morgan fingerprint density at radius 1 is 0.971 bits per heavy atom. The maximum atomic E-state index is 13.5. The number of halogens is 1. The van der Waals surface area contributed by atoms with Crippen LogP contribution in [0.4, 0.5) is 0 Å². The van der Waals surface area contributed by atoms with E-state index in [0.717, 1.165) is 21.2 Å². The van der Waals surface area contributed by atoms with Gasteiger partial charge in [0.05, 0.1) is 31.7 Å². The number of aryl methyl sites for hydroxylation is 1. The molecule has 0 aliphatic carbocycles. The summed E-state index contributed by atoms with van der Waals surface area (Å²) >= 11 is 3.33. The Morgan fingerprint density at radius 3 is 2.20 bits per heavy atom. The highest BCUT2D eigenvalue weighted by Crippen LogP contribution is 2.30. The van der Waals surface area contributed by atoms with Crippen LogP contribution in [-0.2, 0) is 21.4 Å². The predicted octanol–water partition coefficient (Wildman–Crippen LogP) is 4.84. The van der Waals surface area contributed by atoms with Crippen LogP contribution in [0.25, 0.3) is 0 Å². The molecule has 0 bridgehead atoms. The number of benzene rings is 3. The van der Waals surface area contributed by atoms with E-state index < -0.39 is 15.9 Å². The lowest BCUT2D eigenvalue weighted by Crippen LogP contribution is -2.41. The van der Waals surface area contributed by atoms with E-state index in [9.17, 15) is 13.2 Å². The number of amides is 1. The number of ether oxygens (including phenoxy) is 2. The Hall–Kier alpha value is -2.88. The van der Waals surface area contributed by atoms with Crippen LogP contribution >= 0.6 is 15.9 Å². The summed E-state index contributed by atoms with van der Waals surface area (Å²) < 4.78 is 39.5. The van der Waals surface area contributed by atoms with E-state index in [0.29, 0.717) is 11.5 Å². The van der Waals surface area contributed by atoms with Crippen molar-refractivity contribution in [1.29, 1.82) is 0 Å². The molecular weight excluding hydrogens is 532 g/mol. The van der Waals surface area contributed by atoms with E-state index in [4.69, 9.17) is 9.47 Å². The van der Waals surface area contributed by atoms with Crippen molar-refractivity contribution in [2.75, 3.05) is 20.8 Å². The average molecular weight is 561 g/mol. The number of carbonyl (C=O) groups excluding carboxylic acids is 1. The van der Waals surface area contributed by atoms with Crippen molar-refractivity contribution < 1.29 is 22.7 Å². The first-order chi connectivity index (χ1) is 16.6. The maximum absolute atomic E-state index is 13.5. The van der Waals surface area contributed by atoms with Crippen LogP contribution in [0.3, 0.4) is 0 Å². The Morgan fingerprint density at radius 2 is 1.60 bits per heavy atom. The third-order valence-corrected chi connectivity index (χ3v) is 7.87. The SMILES string of the molecule is COc1ccc([C@H](C)NC(=O)CN(Cc2ccc(C)cc2)S(=O)(=O)c2ccc(Br)cc2)cc1OC. The minimum absolute atomic E-state index is 0.0663. The number of rotatable bonds is 10. The zero-order chi connectivity index (χ0) is 25.6. The quantitative estimate of drug-likeness (QED) is 0.383. The van der Waals surface area contributed by atoms with Crippen LogP contribution < -0.4 is 14.8 Å². The molecule has 0 heterocycles. The molecule has 0 radical (unpaired) electrons. The first kappa shape index (κ1) is 26.7. The van der Waals surface area contributed by atoms with Gasteiger partial charge in [-0.1, -0.05) is 51.8 Å². The Kier molecular flexibility index (Phi) is 8.93. The first-order valence-corrected chi connectivity index (χ1v) is 13.2. The minimum atomic E-state index is -3.93. The number of methoxy groups -OCH3 is 2. The van der Waals surface area contributed by atoms with Gasteiger partial charge in [-0.15, -0.1) is 0 Å². The molecule has 0 aliphatic heterocycles. The summed E-state index contributed by atoms with van der Waals surface area (Å²) in [6, 6.07) is 18.9. The number of sulfonamides is 1. The molecule has 0 fully saturated rings. The van der Waals surface area contributed by atoms with Gasteiger partial charge in [-0.2, -0.15) is 4.31 Å². The molecule has 1 atom stereocenters. The van der Waals surface area contributed by atoms with Crippen molar-refractivity contribution in [2.45, 2.75) is 31.3 Å². The van der Waals surface area contributed by atoms with Crippen LogP contribution in [0.5, 0.6) is 11.5 Å². The molecule has 0 saturated heterocycles. The van der Waals surface area contributed by atoms with Crippen LogP contribution in [-0.4, -0.2) is 39.4 Å². The molecule has 0 unspecified atom stereocenters. The van der Waals surface area contributed by atoms with E-state index in [-0.39, 0.29) is 24.0 Å². The standard InChI is InChI=1S/C26H29BrN2O5S/c1-18-5-7-20(8-6-18)16-29(35(31,32)23-12-10-22(27)11-13-23)17-26(30)28-19(2)21-9-14-24(33-3)25(15-21)34-4/h5-15,19H,16-17H2,1-4H3,(H,28,30)/t19-/m0/s1. The smallest absolute Gasteiger partial charge is 0.243 e. The molecule has 3 aromatic rings. The molecule has 3 aromatic carbocycles. The van der Waals surface area contributed by atoms with Gasteiger partial charge < -0.3 is 14.8 Å². The van der Waals surface area contributed by atoms with Gasteiger partial charge in [-0.3, -0.25) is 4.79 Å². The Labute approximate surface area is 215 Å². The fourth-order valence-electron chi connectivity index (χ4n) is 3.53. The Bertz CT molecular complexity index is 1260. The second-order valence-electron chi connectivity index (χ2n) is 8.12. The van der Waals surface area contributed by atoms with E-state index in [1.165, 1.54) is 16.4 Å². The van der Waals surface area contributed by atoms with Gasteiger partial charge in [-0.25, -0.2) is 8.42 Å². The number of nitrogens with one attached hydrogen (secondary N) is 1. The van der Waals surface area contributed by atoms with E-state index in [2.05, 4.69) is 21.2 Å². The van der Waals surface area contributed by atoms with Crippen LogP contribution in [0.1, 0.15) is 29.7 Å². The number of nitrogens with zero attached hydrogens (tertiary/aromatic N) is 1. The molecule has 0 saturated carbocycles. The maximum Gasteiger partial charge on any atom is 0.243 e. The fourth-order valence-corrected chi connectivity index (χ4v) is 5.18. The molecule has 9 heteroatoms. The van der Waals surface area contributed by atoms with Gasteiger partial charge in [0.15, 0.2) is 11.5 Å². The summed E-state index contributed by atoms with van der Waals surface area (Å²) in [6.45, 7) is 3.52. The van der Waals surface area contributed by atoms with Gasteiger partial charge in [0.25, 0.3) is 0 Å². The lowest BCUT2D eigenvalue weighted by molar-refractivity contribution is -0.122. The van der Waals surface area contributed by atoms with Gasteiger partial charge in [0.1, 0.15) is 0 Å². The lowest BCUT2D eigenvalue weighted by Gasteiger charge is -2.23. The molecule has 0 aromatic heterocycles. The molecular formula is C26H29BrN2O5S. The second kappa shape index (κ2) is 11.7. The third-order valence-electron chi connectivity index (χ3n) is 5.54. The minimum Gasteiger partial charge on any atom is -0.493 e. The van der Waals surface area contributed by atoms with Crippen molar-refractivity contribution in [2.24, 2.45) is 0 Å². The Balaban J connectivity index is 1.83. The normalized spacial score (nSPS) is 12.3. The van der Waals surface area contributed by atoms with Crippen LogP contribution in [0.2, 0.25) is 0 Å². The van der Waals surface area contributed by atoms with Crippen molar-refractivity contribution in [3.63, 3.8) is 0 Å². The first-order valence-electron chi connectivity index (χ1n) is 11.0. The van der Waals surface area contributed by atoms with Crippen molar-refractivity contribution >= 4 is 31.9 Å². The molecule has 1 N–H and O–H groups in total. The topological polar surface area (TPSA) is 84.9 Å². The van der Waals surface area contributed by atoms with E-state index >= 15 is 0 Å². The van der Waals surface area contributed by atoms with E-state index in [1.54, 1.807) is 38.5 Å². The summed E-state index contributed by atoms with van der Waals surface area (Å²) in [7, 11) is -0.831. The zero-order valence-corrected chi connectivity index (χ0v) is 22.5. The monoisotopic (exact) mass is 560 g/mol. The summed E-state index contributed by atoms with van der Waals surface area (Å²) in [5, 5.41) is 2.89. The van der Waals surface area contributed by atoms with E-state index in [1.807, 2.05) is 44.2 Å². The molecule has 3 rings (SSSR count). The molecule has 0 spiro atoms. The molecule has 0 aliphatic rings. The van der Waals surface area contributed by atoms with Gasteiger partial charge in [-0.05, 0) is 61.4 Å². The van der Waals surface area contributed by atoms with Crippen molar-refractivity contribution in [3.8, 4) is 11.5 Å². The third kappa shape index (κ3) is 6.84. The largest absolute Gasteiger partial charge is 0.493 e. The fraction of sp³-hybridized carbons (Fsp3) is 0.269. The zero-order valence-electron chi connectivity index (χ0n) is 20.1. The molecule has 1 amide bonds. The highest BCUT2D eigenvalue weighted by Gasteiger charge is 2.27. The summed E-state index contributed by atoms with van der Waals surface area (Å²) in [5.74, 6) is 0.713.